The highest BCUT2D eigenvalue weighted by Crippen LogP contribution is 2.34. The van der Waals surface area contributed by atoms with Crippen molar-refractivity contribution in [2.75, 3.05) is 45.9 Å². The number of nitrogens with one attached hydrogen (secondary N) is 1. The highest BCUT2D eigenvalue weighted by molar-refractivity contribution is 7.19. The Morgan fingerprint density at radius 3 is 2.74 bits per heavy atom. The molecule has 1 N–H and O–H groups in total. The first-order valence-corrected chi connectivity index (χ1v) is 13.8. The van der Waals surface area contributed by atoms with Crippen LogP contribution in [0.3, 0.4) is 0 Å². The molecular weight excluding hydrogens is 531 g/mol. The van der Waals surface area contributed by atoms with E-state index in [1.807, 2.05) is 41.8 Å². The van der Waals surface area contributed by atoms with E-state index in [0.29, 0.717) is 32.1 Å². The van der Waals surface area contributed by atoms with E-state index in [2.05, 4.69) is 5.32 Å². The number of carbonyl (C=O) groups excluding carboxylic acids is 1. The zero-order valence-electron chi connectivity index (χ0n) is 21.4. The van der Waals surface area contributed by atoms with Gasteiger partial charge in [-0.3, -0.25) is 14.3 Å². The first-order chi connectivity index (χ1) is 18.8. The average molecular weight is 560 g/mol. The van der Waals surface area contributed by atoms with Gasteiger partial charge in [0.2, 0.25) is 11.9 Å². The van der Waals surface area contributed by atoms with Gasteiger partial charge in [-0.05, 0) is 18.2 Å². The summed E-state index contributed by atoms with van der Waals surface area (Å²) in [5.41, 5.74) is 3.30. The number of halogens is 3. The van der Waals surface area contributed by atoms with E-state index in [1.165, 1.54) is 11.3 Å². The fourth-order valence-corrected chi connectivity index (χ4v) is 6.31. The first kappa shape index (κ1) is 26.1. The van der Waals surface area contributed by atoms with Crippen molar-refractivity contribution in [1.82, 2.24) is 34.6 Å². The molecular formula is C26H28F3N7O2S. The van der Waals surface area contributed by atoms with Crippen molar-refractivity contribution in [3.05, 3.63) is 46.7 Å². The number of morpholine rings is 1. The van der Waals surface area contributed by atoms with Crippen LogP contribution in [-0.4, -0.2) is 87.3 Å². The number of imidazole rings is 1. The smallest absolute Gasteiger partial charge is 0.369 e. The molecule has 0 saturated carbocycles. The molecule has 206 valence electrons. The summed E-state index contributed by atoms with van der Waals surface area (Å²) in [5, 5.41) is 3.37. The maximum atomic E-state index is 12.8. The van der Waals surface area contributed by atoms with Crippen molar-refractivity contribution in [1.29, 1.82) is 0 Å². The Morgan fingerprint density at radius 1 is 1.15 bits per heavy atom. The molecule has 13 heteroatoms. The number of rotatable bonds is 6. The average Bonchev–Trinajstić information content (AvgIpc) is 3.50. The fourth-order valence-electron chi connectivity index (χ4n) is 5.16. The summed E-state index contributed by atoms with van der Waals surface area (Å²) >= 11 is 1.50. The van der Waals surface area contributed by atoms with Gasteiger partial charge in [0.05, 0.1) is 53.2 Å². The van der Waals surface area contributed by atoms with Gasteiger partial charge in [0, 0.05) is 37.5 Å². The molecule has 6 rings (SSSR count). The number of thiophene rings is 1. The van der Waals surface area contributed by atoms with Crippen LogP contribution in [0.1, 0.15) is 29.4 Å². The third-order valence-corrected chi connectivity index (χ3v) is 8.09. The minimum absolute atomic E-state index is 0.181. The number of alkyl halides is 3. The summed E-state index contributed by atoms with van der Waals surface area (Å²) in [7, 11) is 0. The summed E-state index contributed by atoms with van der Waals surface area (Å²) < 4.78 is 47.3. The second-order valence-electron chi connectivity index (χ2n) is 9.75. The molecule has 1 amide bonds. The van der Waals surface area contributed by atoms with Gasteiger partial charge in [0.1, 0.15) is 11.9 Å². The van der Waals surface area contributed by atoms with Crippen molar-refractivity contribution in [2.24, 2.45) is 0 Å². The molecule has 1 atom stereocenters. The van der Waals surface area contributed by atoms with E-state index in [1.54, 1.807) is 4.90 Å². The molecule has 2 fully saturated rings. The summed E-state index contributed by atoms with van der Waals surface area (Å²) in [4.78, 5) is 31.0. The zero-order valence-corrected chi connectivity index (χ0v) is 22.2. The number of piperazine rings is 1. The third-order valence-electron chi connectivity index (χ3n) is 6.96. The Morgan fingerprint density at radius 2 is 2.00 bits per heavy atom. The van der Waals surface area contributed by atoms with Crippen molar-refractivity contribution in [3.63, 3.8) is 0 Å². The molecule has 3 aromatic heterocycles. The number of aromatic nitrogens is 4. The van der Waals surface area contributed by atoms with Crippen molar-refractivity contribution in [3.8, 4) is 5.95 Å². The minimum Gasteiger partial charge on any atom is -0.369 e. The number of nitrogens with zero attached hydrogens (tertiary/aromatic N) is 6. The van der Waals surface area contributed by atoms with Crippen LogP contribution in [0.5, 0.6) is 0 Å². The molecule has 4 aromatic rings. The lowest BCUT2D eigenvalue weighted by Gasteiger charge is -2.34. The normalized spacial score (nSPS) is 19.4. The molecule has 9 nitrogen and oxygen atoms in total. The molecule has 0 aliphatic carbocycles. The molecule has 2 aliphatic heterocycles. The number of benzene rings is 1. The maximum absolute atomic E-state index is 12.8. The summed E-state index contributed by atoms with van der Waals surface area (Å²) in [6.07, 6.45) is -3.89. The number of hydrogen-bond acceptors (Lipinski definition) is 8. The van der Waals surface area contributed by atoms with Crippen LogP contribution < -0.4 is 5.32 Å². The molecule has 2 aliphatic rings. The topological polar surface area (TPSA) is 88.4 Å². The quantitative estimate of drug-likeness (QED) is 0.387. The number of ether oxygens (including phenoxy) is 1. The lowest BCUT2D eigenvalue weighted by Crippen LogP contribution is -2.52. The van der Waals surface area contributed by atoms with Gasteiger partial charge in [0.25, 0.3) is 0 Å². The summed E-state index contributed by atoms with van der Waals surface area (Å²) in [5.74, 6) is 1.05. The second kappa shape index (κ2) is 10.5. The number of aryl methyl sites for hydroxylation is 1. The Hall–Kier alpha value is -3.13. The van der Waals surface area contributed by atoms with E-state index >= 15 is 0 Å². The number of hydrogen-bond donors (Lipinski definition) is 1. The van der Waals surface area contributed by atoms with Gasteiger partial charge in [-0.25, -0.2) is 15.0 Å². The third kappa shape index (κ3) is 5.36. The van der Waals surface area contributed by atoms with Crippen LogP contribution in [0.4, 0.5) is 13.2 Å². The van der Waals surface area contributed by atoms with E-state index in [-0.39, 0.29) is 31.6 Å². The molecule has 0 spiro atoms. The summed E-state index contributed by atoms with van der Waals surface area (Å²) in [6.45, 7) is 3.40. The number of amides is 1. The predicted molar refractivity (Wildman–Crippen MR) is 141 cm³/mol. The molecule has 2 saturated heterocycles. The summed E-state index contributed by atoms with van der Waals surface area (Å²) in [6, 6.07) is 9.82. The fraction of sp³-hybridized carbons (Fsp3) is 0.462. The largest absolute Gasteiger partial charge is 0.401 e. The Bertz CT molecular complexity index is 1510. The number of fused-ring (bicyclic) bond motifs is 2. The zero-order chi connectivity index (χ0) is 27.1. The predicted octanol–water partition coefficient (Wildman–Crippen LogP) is 3.46. The standard InChI is InChI=1S/C26H28F3N7O2S/c1-2-21-31-17-5-3-4-6-19(17)36(21)25-32-18-11-16(39-24(18)23(33-25)20-12-30-7-10-38-20)13-35-9-8-34(14-22(35)37)15-26(27,28)29/h3-6,11,20,30H,2,7-10,12-15H2,1H3. The Labute approximate surface area is 226 Å². The van der Waals surface area contributed by atoms with Gasteiger partial charge in [0.15, 0.2) is 0 Å². The monoisotopic (exact) mass is 559 g/mol. The number of carbonyl (C=O) groups is 1. The van der Waals surface area contributed by atoms with Crippen molar-refractivity contribution >= 4 is 38.5 Å². The first-order valence-electron chi connectivity index (χ1n) is 13.0. The van der Waals surface area contributed by atoms with E-state index in [9.17, 15) is 18.0 Å². The molecule has 0 bridgehead atoms. The lowest BCUT2D eigenvalue weighted by atomic mass is 10.2. The second-order valence-corrected chi connectivity index (χ2v) is 10.9. The van der Waals surface area contributed by atoms with E-state index < -0.39 is 12.7 Å². The Kier molecular flexibility index (Phi) is 7.00. The van der Waals surface area contributed by atoms with Crippen LogP contribution in [0.15, 0.2) is 30.3 Å². The van der Waals surface area contributed by atoms with Crippen molar-refractivity contribution < 1.29 is 22.7 Å². The number of para-hydroxylation sites is 2. The Balaban J connectivity index is 1.36. The van der Waals surface area contributed by atoms with Gasteiger partial charge in [-0.2, -0.15) is 13.2 Å². The van der Waals surface area contributed by atoms with Crippen LogP contribution in [-0.2, 0) is 22.5 Å². The van der Waals surface area contributed by atoms with Gasteiger partial charge in [-0.1, -0.05) is 19.1 Å². The molecule has 1 unspecified atom stereocenters. The highest BCUT2D eigenvalue weighted by Gasteiger charge is 2.34. The molecule has 5 heterocycles. The van der Waals surface area contributed by atoms with Gasteiger partial charge >= 0.3 is 6.18 Å². The van der Waals surface area contributed by atoms with Crippen LogP contribution in [0.2, 0.25) is 0 Å². The highest BCUT2D eigenvalue weighted by atomic mass is 32.1. The molecule has 1 aromatic carbocycles. The maximum Gasteiger partial charge on any atom is 0.401 e. The van der Waals surface area contributed by atoms with Crippen molar-refractivity contribution in [2.45, 2.75) is 32.2 Å². The van der Waals surface area contributed by atoms with Gasteiger partial charge < -0.3 is 15.0 Å². The van der Waals surface area contributed by atoms with Crippen LogP contribution in [0, 0.1) is 0 Å². The minimum atomic E-state index is -4.32. The van der Waals surface area contributed by atoms with Gasteiger partial charge in [-0.15, -0.1) is 11.3 Å². The van der Waals surface area contributed by atoms with E-state index in [4.69, 9.17) is 19.7 Å². The lowest BCUT2D eigenvalue weighted by molar-refractivity contribution is -0.157. The van der Waals surface area contributed by atoms with Crippen LogP contribution >= 0.6 is 11.3 Å². The van der Waals surface area contributed by atoms with Crippen LogP contribution in [0.25, 0.3) is 27.2 Å². The molecule has 39 heavy (non-hydrogen) atoms. The molecule has 0 radical (unpaired) electrons. The SMILES string of the molecule is CCc1nc2ccccc2n1-c1nc(C2CNCCO2)c2sc(CN3CCN(CC(F)(F)F)CC3=O)cc2n1. The van der Waals surface area contributed by atoms with E-state index in [0.717, 1.165) is 49.1 Å².